The summed E-state index contributed by atoms with van der Waals surface area (Å²) >= 11 is 3.23. The Morgan fingerprint density at radius 3 is 2.73 bits per heavy atom. The fourth-order valence-electron chi connectivity index (χ4n) is 1.76. The van der Waals surface area contributed by atoms with Crippen molar-refractivity contribution in [3.05, 3.63) is 62.4 Å². The molecule has 0 heterocycles. The molecule has 0 radical (unpaired) electrons. The molecule has 22 heavy (non-hydrogen) atoms. The molecular weight excluding hydrogens is 357 g/mol. The van der Waals surface area contributed by atoms with Gasteiger partial charge in [0.1, 0.15) is 5.82 Å². The van der Waals surface area contributed by atoms with Crippen molar-refractivity contribution >= 4 is 33.5 Å². The summed E-state index contributed by atoms with van der Waals surface area (Å²) in [6.07, 6.45) is 1.23. The molecule has 0 atom stereocenters. The minimum atomic E-state index is -0.561. The van der Waals surface area contributed by atoms with Crippen molar-refractivity contribution in [2.24, 2.45) is 5.10 Å². The van der Waals surface area contributed by atoms with Crippen molar-refractivity contribution in [3.8, 4) is 5.75 Å². The van der Waals surface area contributed by atoms with Gasteiger partial charge in [-0.25, -0.2) is 4.39 Å². The molecule has 2 aromatic rings. The highest BCUT2D eigenvalue weighted by molar-refractivity contribution is 9.10. The predicted molar refractivity (Wildman–Crippen MR) is 85.0 cm³/mol. The van der Waals surface area contributed by atoms with E-state index in [0.29, 0.717) is 4.47 Å². The smallest absolute Gasteiger partial charge is 0.320 e. The Morgan fingerprint density at radius 1 is 1.36 bits per heavy atom. The number of ether oxygens (including phenoxy) is 1. The van der Waals surface area contributed by atoms with E-state index in [1.165, 1.54) is 31.5 Å². The van der Waals surface area contributed by atoms with Gasteiger partial charge in [-0.1, -0.05) is 12.1 Å². The molecule has 0 bridgehead atoms. The summed E-state index contributed by atoms with van der Waals surface area (Å²) < 4.78 is 18.9. The third kappa shape index (κ3) is 3.40. The SMILES string of the molecule is COc1ccc(Br)c(/C=N/Nc2ccccc2F)c1[N+](=O)[O-]. The summed E-state index contributed by atoms with van der Waals surface area (Å²) in [5.74, 6) is -0.362. The zero-order valence-electron chi connectivity index (χ0n) is 11.4. The standard InChI is InChI=1S/C14H11BrFN3O3/c1-22-13-7-6-10(15)9(14(13)19(20)21)8-17-18-12-5-3-2-4-11(12)16/h2-8,18H,1H3/b17-8+. The Morgan fingerprint density at radius 2 is 2.09 bits per heavy atom. The van der Waals surface area contributed by atoms with Crippen LogP contribution in [0.5, 0.6) is 5.75 Å². The van der Waals surface area contributed by atoms with Crippen molar-refractivity contribution in [1.29, 1.82) is 0 Å². The van der Waals surface area contributed by atoms with Crippen LogP contribution >= 0.6 is 15.9 Å². The third-order valence-corrected chi connectivity index (χ3v) is 3.47. The molecule has 0 aliphatic rings. The number of benzene rings is 2. The van der Waals surface area contributed by atoms with Gasteiger partial charge in [0, 0.05) is 4.47 Å². The molecule has 8 heteroatoms. The van der Waals surface area contributed by atoms with E-state index in [9.17, 15) is 14.5 Å². The molecule has 0 aromatic heterocycles. The van der Waals surface area contributed by atoms with E-state index < -0.39 is 10.7 Å². The van der Waals surface area contributed by atoms with Gasteiger partial charge in [-0.2, -0.15) is 5.10 Å². The Bertz CT molecular complexity index is 737. The van der Waals surface area contributed by atoms with Gasteiger partial charge in [-0.15, -0.1) is 0 Å². The van der Waals surface area contributed by atoms with Crippen LogP contribution < -0.4 is 10.2 Å². The van der Waals surface area contributed by atoms with E-state index in [2.05, 4.69) is 26.5 Å². The lowest BCUT2D eigenvalue weighted by Gasteiger charge is -2.06. The number of anilines is 1. The van der Waals surface area contributed by atoms with Gasteiger partial charge in [0.25, 0.3) is 0 Å². The summed E-state index contributed by atoms with van der Waals surface area (Å²) in [6, 6.07) is 9.06. The Hall–Kier alpha value is -2.48. The number of hydrogen-bond donors (Lipinski definition) is 1. The number of halogens is 2. The van der Waals surface area contributed by atoms with E-state index in [1.54, 1.807) is 18.2 Å². The second-order valence-corrected chi connectivity index (χ2v) is 4.97. The van der Waals surface area contributed by atoms with E-state index >= 15 is 0 Å². The van der Waals surface area contributed by atoms with E-state index in [4.69, 9.17) is 4.74 Å². The Balaban J connectivity index is 2.35. The topological polar surface area (TPSA) is 76.8 Å². The highest BCUT2D eigenvalue weighted by Gasteiger charge is 2.22. The molecule has 0 aliphatic carbocycles. The van der Waals surface area contributed by atoms with Gasteiger partial charge in [-0.3, -0.25) is 15.5 Å². The lowest BCUT2D eigenvalue weighted by molar-refractivity contribution is -0.385. The monoisotopic (exact) mass is 367 g/mol. The average molecular weight is 368 g/mol. The fourth-order valence-corrected chi connectivity index (χ4v) is 2.18. The second-order valence-electron chi connectivity index (χ2n) is 4.12. The Kier molecular flexibility index (Phi) is 5.05. The molecule has 0 amide bonds. The number of nitrogens with one attached hydrogen (secondary N) is 1. The van der Waals surface area contributed by atoms with Crippen molar-refractivity contribution < 1.29 is 14.1 Å². The highest BCUT2D eigenvalue weighted by Crippen LogP contribution is 2.34. The van der Waals surface area contributed by atoms with Crippen molar-refractivity contribution in [2.45, 2.75) is 0 Å². The molecule has 0 fully saturated rings. The first-order valence-electron chi connectivity index (χ1n) is 6.09. The minimum Gasteiger partial charge on any atom is -0.490 e. The maximum Gasteiger partial charge on any atom is 0.320 e. The summed E-state index contributed by atoms with van der Waals surface area (Å²) in [6.45, 7) is 0. The van der Waals surface area contributed by atoms with Crippen LogP contribution in [-0.4, -0.2) is 18.2 Å². The third-order valence-electron chi connectivity index (χ3n) is 2.78. The predicted octanol–water partition coefficient (Wildman–Crippen LogP) is 3.95. The van der Waals surface area contributed by atoms with E-state index in [1.807, 2.05) is 0 Å². The second kappa shape index (κ2) is 6.99. The first-order valence-corrected chi connectivity index (χ1v) is 6.88. The summed E-state index contributed by atoms with van der Waals surface area (Å²) in [7, 11) is 1.34. The van der Waals surface area contributed by atoms with Gasteiger partial charge in [-0.05, 0) is 40.2 Å². The van der Waals surface area contributed by atoms with Gasteiger partial charge < -0.3 is 4.74 Å². The van der Waals surface area contributed by atoms with Crippen LogP contribution in [-0.2, 0) is 0 Å². The molecule has 6 nitrogen and oxygen atoms in total. The number of nitro benzene ring substituents is 1. The number of para-hydroxylation sites is 1. The van der Waals surface area contributed by atoms with E-state index in [-0.39, 0.29) is 22.7 Å². The van der Waals surface area contributed by atoms with Crippen molar-refractivity contribution in [3.63, 3.8) is 0 Å². The first kappa shape index (κ1) is 15.9. The molecule has 114 valence electrons. The average Bonchev–Trinajstić information content (AvgIpc) is 2.50. The number of hydrazone groups is 1. The molecule has 0 unspecified atom stereocenters. The van der Waals surface area contributed by atoms with Crippen molar-refractivity contribution in [2.75, 3.05) is 12.5 Å². The lowest BCUT2D eigenvalue weighted by Crippen LogP contribution is -2.01. The number of hydrogen-bond acceptors (Lipinski definition) is 5. The number of nitro groups is 1. The van der Waals surface area contributed by atoms with Crippen LogP contribution in [0.3, 0.4) is 0 Å². The summed E-state index contributed by atoms with van der Waals surface area (Å²) in [5.41, 5.74) is 2.66. The quantitative estimate of drug-likeness (QED) is 0.493. The molecule has 0 aliphatic heterocycles. The lowest BCUT2D eigenvalue weighted by atomic mass is 10.2. The fraction of sp³-hybridized carbons (Fsp3) is 0.0714. The highest BCUT2D eigenvalue weighted by atomic mass is 79.9. The zero-order valence-corrected chi connectivity index (χ0v) is 13.0. The Labute approximate surface area is 133 Å². The van der Waals surface area contributed by atoms with E-state index in [0.717, 1.165) is 0 Å². The number of rotatable bonds is 5. The van der Waals surface area contributed by atoms with Crippen LogP contribution in [0, 0.1) is 15.9 Å². The van der Waals surface area contributed by atoms with Gasteiger partial charge >= 0.3 is 5.69 Å². The molecular formula is C14H11BrFN3O3. The number of nitrogens with zero attached hydrogens (tertiary/aromatic N) is 2. The van der Waals surface area contributed by atoms with Crippen LogP contribution in [0.4, 0.5) is 15.8 Å². The number of methoxy groups -OCH3 is 1. The van der Waals surface area contributed by atoms with Crippen LogP contribution in [0.25, 0.3) is 0 Å². The van der Waals surface area contributed by atoms with Crippen LogP contribution in [0.2, 0.25) is 0 Å². The summed E-state index contributed by atoms with van der Waals surface area (Å²) in [4.78, 5) is 10.6. The van der Waals surface area contributed by atoms with Gasteiger partial charge in [0.15, 0.2) is 5.75 Å². The van der Waals surface area contributed by atoms with Crippen molar-refractivity contribution in [1.82, 2.24) is 0 Å². The minimum absolute atomic E-state index is 0.112. The molecule has 0 saturated carbocycles. The molecule has 2 aromatic carbocycles. The largest absolute Gasteiger partial charge is 0.490 e. The molecule has 2 rings (SSSR count). The molecule has 0 saturated heterocycles. The zero-order chi connectivity index (χ0) is 16.1. The van der Waals surface area contributed by atoms with Crippen LogP contribution in [0.1, 0.15) is 5.56 Å². The normalized spacial score (nSPS) is 10.7. The van der Waals surface area contributed by atoms with Gasteiger partial charge in [0.2, 0.25) is 0 Å². The maximum atomic E-state index is 13.4. The maximum absolute atomic E-state index is 13.4. The molecule has 0 spiro atoms. The van der Waals surface area contributed by atoms with Gasteiger partial charge in [0.05, 0.1) is 29.5 Å². The first-order chi connectivity index (χ1) is 10.5. The van der Waals surface area contributed by atoms with Crippen LogP contribution in [0.15, 0.2) is 46.0 Å². The summed E-state index contributed by atoms with van der Waals surface area (Å²) in [5, 5.41) is 15.1. The molecule has 1 N–H and O–H groups in total.